The summed E-state index contributed by atoms with van der Waals surface area (Å²) in [5.41, 5.74) is 0.971. The Morgan fingerprint density at radius 1 is 1.25 bits per heavy atom. The van der Waals surface area contributed by atoms with Crippen molar-refractivity contribution in [1.29, 1.82) is 0 Å². The van der Waals surface area contributed by atoms with Crippen LogP contribution in [0.2, 0.25) is 0 Å². The molecule has 1 saturated carbocycles. The number of nitrogens with zero attached hydrogens (tertiary/aromatic N) is 1. The van der Waals surface area contributed by atoms with Crippen LogP contribution in [0.4, 0.5) is 0 Å². The zero-order chi connectivity index (χ0) is 11.2. The van der Waals surface area contributed by atoms with Crippen LogP contribution in [-0.4, -0.2) is 14.7 Å². The predicted octanol–water partition coefficient (Wildman–Crippen LogP) is 1.15. The lowest BCUT2D eigenvalue weighted by atomic mass is 10.1. The molecule has 0 atom stereocenters. The highest BCUT2D eigenvalue weighted by Crippen LogP contribution is 2.45. The second kappa shape index (κ2) is 3.09. The fourth-order valence-corrected chi connectivity index (χ4v) is 1.86. The number of benzene rings is 1. The highest BCUT2D eigenvalue weighted by molar-refractivity contribution is 5.38. The van der Waals surface area contributed by atoms with Crippen molar-refractivity contribution in [3.8, 4) is 5.69 Å². The fourth-order valence-electron chi connectivity index (χ4n) is 1.86. The molecule has 1 heterocycles. The zero-order valence-corrected chi connectivity index (χ0v) is 8.68. The topological polar surface area (TPSA) is 58.0 Å². The highest BCUT2D eigenvalue weighted by Gasteiger charge is 2.41. The van der Waals surface area contributed by atoms with E-state index in [9.17, 15) is 9.90 Å². The number of aliphatic hydroxyl groups is 1. The molecule has 0 radical (unpaired) electrons. The molecule has 0 amide bonds. The van der Waals surface area contributed by atoms with E-state index in [2.05, 4.69) is 4.98 Å². The summed E-state index contributed by atoms with van der Waals surface area (Å²) in [7, 11) is 0. The van der Waals surface area contributed by atoms with Crippen molar-refractivity contribution in [3.63, 3.8) is 0 Å². The molecule has 0 aliphatic heterocycles. The maximum Gasteiger partial charge on any atom is 0.330 e. The second-order valence-electron chi connectivity index (χ2n) is 4.21. The molecule has 82 valence electrons. The average molecular weight is 216 g/mol. The molecule has 0 spiro atoms. The summed E-state index contributed by atoms with van der Waals surface area (Å²) in [6.07, 6.45) is 4.95. The fraction of sp³-hybridized carbons (Fsp3) is 0.250. The van der Waals surface area contributed by atoms with Gasteiger partial charge >= 0.3 is 5.69 Å². The molecule has 1 aromatic carbocycles. The summed E-state index contributed by atoms with van der Waals surface area (Å²) in [4.78, 5) is 14.0. The Kier molecular flexibility index (Phi) is 1.82. The van der Waals surface area contributed by atoms with Gasteiger partial charge in [0.05, 0.1) is 11.3 Å². The van der Waals surface area contributed by atoms with E-state index in [0.717, 1.165) is 24.1 Å². The standard InChI is InChI=1S/C12H12N2O2/c15-11-13-7-8-14(11)10-3-1-9(2-4-10)12(16)5-6-12/h1-4,7-8,16H,5-6H2,(H,13,15). The summed E-state index contributed by atoms with van der Waals surface area (Å²) >= 11 is 0. The number of hydrogen-bond donors (Lipinski definition) is 2. The van der Waals surface area contributed by atoms with Gasteiger partial charge in [-0.05, 0) is 30.5 Å². The van der Waals surface area contributed by atoms with Gasteiger partial charge < -0.3 is 10.1 Å². The van der Waals surface area contributed by atoms with Crippen LogP contribution in [0.3, 0.4) is 0 Å². The first-order valence-corrected chi connectivity index (χ1v) is 5.28. The minimum Gasteiger partial charge on any atom is -0.385 e. The number of rotatable bonds is 2. The Bertz CT molecular complexity index is 561. The van der Waals surface area contributed by atoms with Gasteiger partial charge in [0.15, 0.2) is 0 Å². The van der Waals surface area contributed by atoms with Crippen molar-refractivity contribution in [3.05, 3.63) is 52.7 Å². The zero-order valence-electron chi connectivity index (χ0n) is 8.68. The van der Waals surface area contributed by atoms with E-state index in [0.29, 0.717) is 0 Å². The molecule has 3 rings (SSSR count). The van der Waals surface area contributed by atoms with Gasteiger partial charge in [-0.2, -0.15) is 0 Å². The summed E-state index contributed by atoms with van der Waals surface area (Å²) in [5.74, 6) is 0. The number of hydrogen-bond acceptors (Lipinski definition) is 2. The van der Waals surface area contributed by atoms with Crippen molar-refractivity contribution < 1.29 is 5.11 Å². The smallest absolute Gasteiger partial charge is 0.330 e. The lowest BCUT2D eigenvalue weighted by Gasteiger charge is -2.08. The minimum atomic E-state index is -0.609. The molecule has 0 saturated heterocycles. The summed E-state index contributed by atoms with van der Waals surface area (Å²) in [6, 6.07) is 7.45. The third-order valence-electron chi connectivity index (χ3n) is 3.06. The van der Waals surface area contributed by atoms with Crippen molar-refractivity contribution in [2.75, 3.05) is 0 Å². The van der Waals surface area contributed by atoms with Crippen LogP contribution in [0, 0.1) is 0 Å². The Hall–Kier alpha value is -1.81. The van der Waals surface area contributed by atoms with Gasteiger partial charge in [-0.1, -0.05) is 12.1 Å². The molecular formula is C12H12N2O2. The SMILES string of the molecule is O=c1[nH]ccn1-c1ccc(C2(O)CC2)cc1. The average Bonchev–Trinajstić information content (AvgIpc) is 2.90. The van der Waals surface area contributed by atoms with Crippen molar-refractivity contribution in [1.82, 2.24) is 9.55 Å². The largest absolute Gasteiger partial charge is 0.385 e. The quantitative estimate of drug-likeness (QED) is 0.791. The van der Waals surface area contributed by atoms with Gasteiger partial charge in [0, 0.05) is 12.4 Å². The molecule has 16 heavy (non-hydrogen) atoms. The third kappa shape index (κ3) is 1.39. The van der Waals surface area contributed by atoms with Gasteiger partial charge in [0.2, 0.25) is 0 Å². The highest BCUT2D eigenvalue weighted by atomic mass is 16.3. The third-order valence-corrected chi connectivity index (χ3v) is 3.06. The number of aromatic amines is 1. The van der Waals surface area contributed by atoms with Gasteiger partial charge in [0.1, 0.15) is 0 Å². The van der Waals surface area contributed by atoms with Gasteiger partial charge in [-0.15, -0.1) is 0 Å². The Labute approximate surface area is 92.2 Å². The van der Waals surface area contributed by atoms with E-state index in [1.165, 1.54) is 4.57 Å². The van der Waals surface area contributed by atoms with E-state index < -0.39 is 5.60 Å². The van der Waals surface area contributed by atoms with Crippen LogP contribution in [0.5, 0.6) is 0 Å². The molecule has 1 aliphatic rings. The molecule has 1 fully saturated rings. The van der Waals surface area contributed by atoms with Gasteiger partial charge in [0.25, 0.3) is 0 Å². The predicted molar refractivity (Wildman–Crippen MR) is 59.5 cm³/mol. The van der Waals surface area contributed by atoms with Gasteiger partial charge in [-0.3, -0.25) is 4.57 Å². The van der Waals surface area contributed by atoms with E-state index in [1.807, 2.05) is 24.3 Å². The van der Waals surface area contributed by atoms with Gasteiger partial charge in [-0.25, -0.2) is 4.79 Å². The first kappa shape index (κ1) is 9.42. The first-order chi connectivity index (χ1) is 7.69. The van der Waals surface area contributed by atoms with E-state index in [4.69, 9.17) is 0 Å². The number of nitrogens with one attached hydrogen (secondary N) is 1. The van der Waals surface area contributed by atoms with E-state index in [-0.39, 0.29) is 5.69 Å². The van der Waals surface area contributed by atoms with Crippen LogP contribution >= 0.6 is 0 Å². The molecule has 0 bridgehead atoms. The van der Waals surface area contributed by atoms with E-state index in [1.54, 1.807) is 12.4 Å². The molecule has 2 N–H and O–H groups in total. The molecule has 0 unspecified atom stereocenters. The van der Waals surface area contributed by atoms with Crippen LogP contribution in [0.25, 0.3) is 5.69 Å². The van der Waals surface area contributed by atoms with Crippen molar-refractivity contribution >= 4 is 0 Å². The Morgan fingerprint density at radius 2 is 1.94 bits per heavy atom. The maximum atomic E-state index is 11.4. The summed E-state index contributed by atoms with van der Waals surface area (Å²) < 4.78 is 1.53. The van der Waals surface area contributed by atoms with Crippen LogP contribution in [-0.2, 0) is 5.60 Å². The maximum absolute atomic E-state index is 11.4. The molecule has 1 aliphatic carbocycles. The molecular weight excluding hydrogens is 204 g/mol. The van der Waals surface area contributed by atoms with Crippen LogP contribution < -0.4 is 5.69 Å². The number of H-pyrrole nitrogens is 1. The van der Waals surface area contributed by atoms with E-state index >= 15 is 0 Å². The summed E-state index contributed by atoms with van der Waals surface area (Å²) in [5, 5.41) is 9.90. The molecule has 2 aromatic rings. The monoisotopic (exact) mass is 216 g/mol. The Morgan fingerprint density at radius 3 is 2.44 bits per heavy atom. The summed E-state index contributed by atoms with van der Waals surface area (Å²) in [6.45, 7) is 0. The molecule has 4 nitrogen and oxygen atoms in total. The lowest BCUT2D eigenvalue weighted by molar-refractivity contribution is 0.151. The lowest BCUT2D eigenvalue weighted by Crippen LogP contribution is -2.14. The minimum absolute atomic E-state index is 0.155. The molecule has 4 heteroatoms. The normalized spacial score (nSPS) is 17.3. The number of aromatic nitrogens is 2. The molecule has 1 aromatic heterocycles. The number of imidazole rings is 1. The van der Waals surface area contributed by atoms with Crippen LogP contribution in [0.1, 0.15) is 18.4 Å². The second-order valence-corrected chi connectivity index (χ2v) is 4.21. The van der Waals surface area contributed by atoms with Crippen molar-refractivity contribution in [2.45, 2.75) is 18.4 Å². The Balaban J connectivity index is 1.99. The van der Waals surface area contributed by atoms with Crippen LogP contribution in [0.15, 0.2) is 41.5 Å². The van der Waals surface area contributed by atoms with Crippen molar-refractivity contribution in [2.24, 2.45) is 0 Å². The first-order valence-electron chi connectivity index (χ1n) is 5.28.